The summed E-state index contributed by atoms with van der Waals surface area (Å²) < 4.78 is 5.28. The topological polar surface area (TPSA) is 50.4 Å². The number of rotatable bonds is 7. The summed E-state index contributed by atoms with van der Waals surface area (Å²) in [5.74, 6) is 0.0980. The van der Waals surface area contributed by atoms with Crippen LogP contribution in [0.2, 0.25) is 0 Å². The van der Waals surface area contributed by atoms with Crippen LogP contribution < -0.4 is 10.6 Å². The Bertz CT molecular complexity index is 205. The molecule has 0 heterocycles. The molecule has 1 aliphatic rings. The molecule has 1 aliphatic carbocycles. The van der Waals surface area contributed by atoms with Crippen LogP contribution in [0.5, 0.6) is 0 Å². The first kappa shape index (κ1) is 12.5. The highest BCUT2D eigenvalue weighted by Crippen LogP contribution is 2.18. The molecule has 0 aromatic heterocycles. The Morgan fingerprint density at radius 1 is 1.47 bits per heavy atom. The van der Waals surface area contributed by atoms with Crippen LogP contribution >= 0.6 is 0 Å². The van der Waals surface area contributed by atoms with Gasteiger partial charge in [-0.1, -0.05) is 0 Å². The fraction of sp³-hybridized carbons (Fsp3) is 0.909. The highest BCUT2D eigenvalue weighted by molar-refractivity contribution is 5.81. The normalized spacial score (nSPS) is 19.7. The summed E-state index contributed by atoms with van der Waals surface area (Å²) in [5, 5.41) is 6.18. The predicted octanol–water partition coefficient (Wildman–Crippen LogP) is 0.668. The SMILES string of the molecule is CCOCC(C)NC(C)C(=O)NC1CC1. The maximum Gasteiger partial charge on any atom is 0.237 e. The van der Waals surface area contributed by atoms with Gasteiger partial charge in [-0.25, -0.2) is 0 Å². The molecular formula is C11H22N2O2. The first-order valence-corrected chi connectivity index (χ1v) is 5.77. The van der Waals surface area contributed by atoms with E-state index in [1.807, 2.05) is 20.8 Å². The van der Waals surface area contributed by atoms with Crippen molar-refractivity contribution in [2.45, 2.75) is 51.7 Å². The van der Waals surface area contributed by atoms with Crippen LogP contribution in [-0.2, 0) is 9.53 Å². The van der Waals surface area contributed by atoms with Crippen LogP contribution in [-0.4, -0.2) is 37.2 Å². The standard InChI is InChI=1S/C11H22N2O2/c1-4-15-7-8(2)12-9(3)11(14)13-10-5-6-10/h8-10,12H,4-7H2,1-3H3,(H,13,14). The average molecular weight is 214 g/mol. The Hall–Kier alpha value is -0.610. The molecular weight excluding hydrogens is 192 g/mol. The number of hydrogen-bond donors (Lipinski definition) is 2. The molecule has 0 bridgehead atoms. The summed E-state index contributed by atoms with van der Waals surface area (Å²) in [5.41, 5.74) is 0. The molecule has 2 unspecified atom stereocenters. The molecule has 1 rings (SSSR count). The Kier molecular flexibility index (Phi) is 5.05. The minimum absolute atomic E-state index is 0.0980. The zero-order chi connectivity index (χ0) is 11.3. The minimum atomic E-state index is -0.138. The van der Waals surface area contributed by atoms with E-state index < -0.39 is 0 Å². The van der Waals surface area contributed by atoms with Gasteiger partial charge in [0.2, 0.25) is 5.91 Å². The number of carbonyl (C=O) groups excluding carboxylic acids is 1. The van der Waals surface area contributed by atoms with E-state index in [9.17, 15) is 4.79 Å². The molecule has 0 aromatic carbocycles. The molecule has 0 saturated heterocycles. The fourth-order valence-corrected chi connectivity index (χ4v) is 1.40. The summed E-state index contributed by atoms with van der Waals surface area (Å²) in [4.78, 5) is 11.6. The van der Waals surface area contributed by atoms with Crippen molar-refractivity contribution < 1.29 is 9.53 Å². The van der Waals surface area contributed by atoms with Gasteiger partial charge in [-0.2, -0.15) is 0 Å². The first-order valence-electron chi connectivity index (χ1n) is 5.77. The second kappa shape index (κ2) is 6.08. The number of ether oxygens (including phenoxy) is 1. The Morgan fingerprint density at radius 3 is 2.67 bits per heavy atom. The maximum atomic E-state index is 11.6. The third-order valence-corrected chi connectivity index (χ3v) is 2.42. The molecule has 15 heavy (non-hydrogen) atoms. The molecule has 0 aliphatic heterocycles. The van der Waals surface area contributed by atoms with E-state index in [4.69, 9.17) is 4.74 Å². The van der Waals surface area contributed by atoms with E-state index in [0.717, 1.165) is 12.8 Å². The smallest absolute Gasteiger partial charge is 0.237 e. The van der Waals surface area contributed by atoms with Gasteiger partial charge in [-0.05, 0) is 33.6 Å². The lowest BCUT2D eigenvalue weighted by Gasteiger charge is -2.19. The zero-order valence-electron chi connectivity index (χ0n) is 9.88. The lowest BCUT2D eigenvalue weighted by atomic mass is 10.2. The monoisotopic (exact) mass is 214 g/mol. The highest BCUT2D eigenvalue weighted by atomic mass is 16.5. The Balaban J connectivity index is 2.14. The quantitative estimate of drug-likeness (QED) is 0.655. The molecule has 2 N–H and O–H groups in total. The first-order chi connectivity index (χ1) is 7.13. The molecule has 1 amide bonds. The van der Waals surface area contributed by atoms with Gasteiger partial charge in [0.1, 0.15) is 0 Å². The predicted molar refractivity (Wildman–Crippen MR) is 59.7 cm³/mol. The molecule has 4 heteroatoms. The van der Waals surface area contributed by atoms with Crippen molar-refractivity contribution in [3.05, 3.63) is 0 Å². The van der Waals surface area contributed by atoms with Gasteiger partial charge in [-0.15, -0.1) is 0 Å². The Morgan fingerprint density at radius 2 is 2.13 bits per heavy atom. The van der Waals surface area contributed by atoms with Gasteiger partial charge < -0.3 is 15.4 Å². The van der Waals surface area contributed by atoms with E-state index in [1.54, 1.807) is 0 Å². The summed E-state index contributed by atoms with van der Waals surface area (Å²) in [6, 6.07) is 0.509. The molecule has 88 valence electrons. The molecule has 1 fully saturated rings. The van der Waals surface area contributed by atoms with Gasteiger partial charge in [0, 0.05) is 18.7 Å². The van der Waals surface area contributed by atoms with Crippen LogP contribution in [0.1, 0.15) is 33.6 Å². The fourth-order valence-electron chi connectivity index (χ4n) is 1.40. The van der Waals surface area contributed by atoms with E-state index in [1.165, 1.54) is 0 Å². The van der Waals surface area contributed by atoms with Gasteiger partial charge >= 0.3 is 0 Å². The number of amides is 1. The van der Waals surface area contributed by atoms with E-state index >= 15 is 0 Å². The van der Waals surface area contributed by atoms with Crippen molar-refractivity contribution in [2.75, 3.05) is 13.2 Å². The van der Waals surface area contributed by atoms with Crippen molar-refractivity contribution in [3.63, 3.8) is 0 Å². The van der Waals surface area contributed by atoms with Gasteiger partial charge in [-0.3, -0.25) is 4.79 Å². The van der Waals surface area contributed by atoms with Crippen LogP contribution in [0.25, 0.3) is 0 Å². The molecule has 0 spiro atoms. The highest BCUT2D eigenvalue weighted by Gasteiger charge is 2.25. The summed E-state index contributed by atoms with van der Waals surface area (Å²) in [6.45, 7) is 7.25. The number of carbonyl (C=O) groups is 1. The maximum absolute atomic E-state index is 11.6. The largest absolute Gasteiger partial charge is 0.380 e. The molecule has 0 radical (unpaired) electrons. The average Bonchev–Trinajstić information content (AvgIpc) is 2.98. The van der Waals surface area contributed by atoms with E-state index in [2.05, 4.69) is 10.6 Å². The van der Waals surface area contributed by atoms with Crippen molar-refractivity contribution >= 4 is 5.91 Å². The van der Waals surface area contributed by atoms with Gasteiger partial charge in [0.25, 0.3) is 0 Å². The minimum Gasteiger partial charge on any atom is -0.380 e. The van der Waals surface area contributed by atoms with Gasteiger partial charge in [0.05, 0.1) is 12.6 Å². The summed E-state index contributed by atoms with van der Waals surface area (Å²) in [7, 11) is 0. The van der Waals surface area contributed by atoms with Crippen LogP contribution in [0.4, 0.5) is 0 Å². The number of hydrogen-bond acceptors (Lipinski definition) is 3. The summed E-state index contributed by atoms with van der Waals surface area (Å²) >= 11 is 0. The van der Waals surface area contributed by atoms with Crippen molar-refractivity contribution in [1.29, 1.82) is 0 Å². The van der Waals surface area contributed by atoms with Gasteiger partial charge in [0.15, 0.2) is 0 Å². The van der Waals surface area contributed by atoms with Crippen LogP contribution in [0.3, 0.4) is 0 Å². The molecule has 1 saturated carbocycles. The number of nitrogens with one attached hydrogen (secondary N) is 2. The molecule has 2 atom stereocenters. The summed E-state index contributed by atoms with van der Waals surface area (Å²) in [6.07, 6.45) is 2.26. The third kappa shape index (κ3) is 5.14. The van der Waals surface area contributed by atoms with E-state index in [-0.39, 0.29) is 18.0 Å². The van der Waals surface area contributed by atoms with Crippen molar-refractivity contribution in [2.24, 2.45) is 0 Å². The van der Waals surface area contributed by atoms with Crippen molar-refractivity contribution in [3.8, 4) is 0 Å². The zero-order valence-corrected chi connectivity index (χ0v) is 9.88. The Labute approximate surface area is 91.8 Å². The lowest BCUT2D eigenvalue weighted by Crippen LogP contribution is -2.47. The van der Waals surface area contributed by atoms with Crippen molar-refractivity contribution in [1.82, 2.24) is 10.6 Å². The lowest BCUT2D eigenvalue weighted by molar-refractivity contribution is -0.123. The second-order valence-electron chi connectivity index (χ2n) is 4.23. The van der Waals surface area contributed by atoms with Crippen LogP contribution in [0, 0.1) is 0 Å². The van der Waals surface area contributed by atoms with E-state index in [0.29, 0.717) is 19.3 Å². The van der Waals surface area contributed by atoms with Crippen LogP contribution in [0.15, 0.2) is 0 Å². The molecule has 0 aromatic rings. The third-order valence-electron chi connectivity index (χ3n) is 2.42. The second-order valence-corrected chi connectivity index (χ2v) is 4.23. The molecule has 4 nitrogen and oxygen atoms in total.